The van der Waals surface area contributed by atoms with E-state index in [0.717, 1.165) is 38.6 Å². The van der Waals surface area contributed by atoms with E-state index in [9.17, 15) is 9.59 Å². The smallest absolute Gasteiger partial charge is 0.224 e. The summed E-state index contributed by atoms with van der Waals surface area (Å²) < 4.78 is 0. The molecule has 22 heavy (non-hydrogen) atoms. The first-order valence-electron chi connectivity index (χ1n) is 8.36. The normalized spacial score (nSPS) is 18.1. The minimum Gasteiger partial charge on any atom is -0.355 e. The Morgan fingerprint density at radius 3 is 2.64 bits per heavy atom. The van der Waals surface area contributed by atoms with Gasteiger partial charge in [0.2, 0.25) is 11.8 Å². The molecular formula is C18H24N2O2. The predicted molar refractivity (Wildman–Crippen MR) is 85.1 cm³/mol. The van der Waals surface area contributed by atoms with E-state index in [-0.39, 0.29) is 17.7 Å². The molecule has 1 aromatic carbocycles. The van der Waals surface area contributed by atoms with Crippen molar-refractivity contribution in [3.05, 3.63) is 35.4 Å². The zero-order valence-corrected chi connectivity index (χ0v) is 13.0. The maximum absolute atomic E-state index is 12.3. The van der Waals surface area contributed by atoms with Gasteiger partial charge in [-0.15, -0.1) is 0 Å². The highest BCUT2D eigenvalue weighted by molar-refractivity contribution is 5.80. The molecule has 0 radical (unpaired) electrons. The summed E-state index contributed by atoms with van der Waals surface area (Å²) in [6.45, 7) is 1.95. The lowest BCUT2D eigenvalue weighted by atomic mass is 10.00. The Morgan fingerprint density at radius 2 is 1.86 bits per heavy atom. The fraction of sp³-hybridized carbons (Fsp3) is 0.556. The quantitative estimate of drug-likeness (QED) is 0.927. The largest absolute Gasteiger partial charge is 0.355 e. The lowest BCUT2D eigenvalue weighted by Crippen LogP contribution is -2.38. The zero-order valence-electron chi connectivity index (χ0n) is 13.0. The van der Waals surface area contributed by atoms with Gasteiger partial charge in [-0.2, -0.15) is 0 Å². The Kier molecular flexibility index (Phi) is 4.76. The first-order valence-corrected chi connectivity index (χ1v) is 8.36. The van der Waals surface area contributed by atoms with E-state index >= 15 is 0 Å². The van der Waals surface area contributed by atoms with Gasteiger partial charge in [0, 0.05) is 32.0 Å². The van der Waals surface area contributed by atoms with Crippen LogP contribution >= 0.6 is 0 Å². The molecule has 1 saturated carbocycles. The van der Waals surface area contributed by atoms with Crippen molar-refractivity contribution in [2.75, 3.05) is 13.1 Å². The van der Waals surface area contributed by atoms with E-state index in [1.165, 1.54) is 11.1 Å². The number of hydrogen-bond donors (Lipinski definition) is 1. The summed E-state index contributed by atoms with van der Waals surface area (Å²) in [7, 11) is 0. The average Bonchev–Trinajstić information content (AvgIpc) is 3.08. The third kappa shape index (κ3) is 3.49. The van der Waals surface area contributed by atoms with Crippen molar-refractivity contribution >= 4 is 11.8 Å². The molecule has 4 heteroatoms. The van der Waals surface area contributed by atoms with Gasteiger partial charge in [-0.1, -0.05) is 37.1 Å². The summed E-state index contributed by atoms with van der Waals surface area (Å²) in [4.78, 5) is 26.1. The summed E-state index contributed by atoms with van der Waals surface area (Å²) in [5, 5.41) is 2.93. The third-order valence-corrected chi connectivity index (χ3v) is 4.85. The van der Waals surface area contributed by atoms with E-state index in [1.54, 1.807) is 0 Å². The monoisotopic (exact) mass is 300 g/mol. The first-order chi connectivity index (χ1) is 10.7. The van der Waals surface area contributed by atoms with Crippen LogP contribution in [-0.4, -0.2) is 29.8 Å². The van der Waals surface area contributed by atoms with Crippen molar-refractivity contribution in [3.63, 3.8) is 0 Å². The average molecular weight is 300 g/mol. The molecule has 2 aliphatic rings. The lowest BCUT2D eigenvalue weighted by molar-refractivity contribution is -0.132. The summed E-state index contributed by atoms with van der Waals surface area (Å²) in [6, 6.07) is 8.30. The molecule has 0 aromatic heterocycles. The molecule has 1 aliphatic carbocycles. The summed E-state index contributed by atoms with van der Waals surface area (Å²) in [5.41, 5.74) is 2.60. The van der Waals surface area contributed by atoms with Crippen molar-refractivity contribution in [1.29, 1.82) is 0 Å². The van der Waals surface area contributed by atoms with Gasteiger partial charge in [0.05, 0.1) is 0 Å². The molecule has 1 fully saturated rings. The van der Waals surface area contributed by atoms with E-state index in [2.05, 4.69) is 23.5 Å². The standard InChI is InChI=1S/C18H24N2O2/c21-17(9-11-19-18(22)15-6-2-3-7-15)20-12-10-14-5-1-4-8-16(14)13-20/h1,4-5,8,15H,2-3,6-7,9-13H2,(H,19,22). The van der Waals surface area contributed by atoms with E-state index in [1.807, 2.05) is 11.0 Å². The van der Waals surface area contributed by atoms with Crippen LogP contribution in [0.3, 0.4) is 0 Å². The van der Waals surface area contributed by atoms with Gasteiger partial charge in [-0.3, -0.25) is 9.59 Å². The second-order valence-corrected chi connectivity index (χ2v) is 6.36. The van der Waals surface area contributed by atoms with Crippen LogP contribution in [0.5, 0.6) is 0 Å². The Morgan fingerprint density at radius 1 is 1.14 bits per heavy atom. The van der Waals surface area contributed by atoms with E-state index in [0.29, 0.717) is 19.5 Å². The molecule has 1 aromatic rings. The minimum atomic E-state index is 0.134. The third-order valence-electron chi connectivity index (χ3n) is 4.85. The zero-order chi connectivity index (χ0) is 15.4. The molecule has 0 spiro atoms. The fourth-order valence-corrected chi connectivity index (χ4v) is 3.49. The van der Waals surface area contributed by atoms with Crippen LogP contribution in [0.1, 0.15) is 43.2 Å². The number of hydrogen-bond acceptors (Lipinski definition) is 2. The number of fused-ring (bicyclic) bond motifs is 1. The summed E-state index contributed by atoms with van der Waals surface area (Å²) >= 11 is 0. The van der Waals surface area contributed by atoms with Gasteiger partial charge in [0.1, 0.15) is 0 Å². The number of nitrogens with zero attached hydrogens (tertiary/aromatic N) is 1. The van der Waals surface area contributed by atoms with Crippen LogP contribution in [0.2, 0.25) is 0 Å². The second kappa shape index (κ2) is 6.95. The van der Waals surface area contributed by atoms with Crippen LogP contribution in [-0.2, 0) is 22.6 Å². The molecular weight excluding hydrogens is 276 g/mol. The van der Waals surface area contributed by atoms with Crippen LogP contribution in [0.15, 0.2) is 24.3 Å². The Bertz CT molecular complexity index is 550. The molecule has 0 unspecified atom stereocenters. The Labute approximate surface area is 131 Å². The Hall–Kier alpha value is -1.84. The molecule has 0 atom stereocenters. The molecule has 1 heterocycles. The van der Waals surface area contributed by atoms with Gasteiger partial charge in [-0.05, 0) is 30.4 Å². The van der Waals surface area contributed by atoms with Crippen LogP contribution < -0.4 is 5.32 Å². The van der Waals surface area contributed by atoms with Crippen molar-refractivity contribution in [2.45, 2.75) is 45.1 Å². The van der Waals surface area contributed by atoms with E-state index in [4.69, 9.17) is 0 Å². The molecule has 1 aliphatic heterocycles. The van der Waals surface area contributed by atoms with Gasteiger partial charge in [-0.25, -0.2) is 0 Å². The summed E-state index contributed by atoms with van der Waals surface area (Å²) in [5.74, 6) is 0.451. The topological polar surface area (TPSA) is 49.4 Å². The number of amides is 2. The van der Waals surface area contributed by atoms with Crippen molar-refractivity contribution in [2.24, 2.45) is 5.92 Å². The number of carbonyl (C=O) groups excluding carboxylic acids is 2. The number of carbonyl (C=O) groups is 2. The first kappa shape index (κ1) is 15.1. The lowest BCUT2D eigenvalue weighted by Gasteiger charge is -2.29. The SMILES string of the molecule is O=C(NCCC(=O)N1CCc2ccccc2C1)C1CCCC1. The van der Waals surface area contributed by atoms with Crippen LogP contribution in [0, 0.1) is 5.92 Å². The van der Waals surface area contributed by atoms with E-state index < -0.39 is 0 Å². The van der Waals surface area contributed by atoms with Gasteiger partial charge in [0.15, 0.2) is 0 Å². The molecule has 3 rings (SSSR count). The number of rotatable bonds is 4. The maximum atomic E-state index is 12.3. The molecule has 0 saturated heterocycles. The van der Waals surface area contributed by atoms with Crippen LogP contribution in [0.4, 0.5) is 0 Å². The molecule has 2 amide bonds. The van der Waals surface area contributed by atoms with Crippen molar-refractivity contribution in [1.82, 2.24) is 10.2 Å². The highest BCUT2D eigenvalue weighted by Crippen LogP contribution is 2.24. The predicted octanol–water partition coefficient (Wildman–Crippen LogP) is 2.27. The molecule has 1 N–H and O–H groups in total. The molecule has 4 nitrogen and oxygen atoms in total. The van der Waals surface area contributed by atoms with Crippen molar-refractivity contribution < 1.29 is 9.59 Å². The van der Waals surface area contributed by atoms with Gasteiger partial charge >= 0.3 is 0 Å². The highest BCUT2D eigenvalue weighted by atomic mass is 16.2. The maximum Gasteiger partial charge on any atom is 0.224 e. The minimum absolute atomic E-state index is 0.134. The fourth-order valence-electron chi connectivity index (χ4n) is 3.49. The van der Waals surface area contributed by atoms with Gasteiger partial charge < -0.3 is 10.2 Å². The number of nitrogens with one attached hydrogen (secondary N) is 1. The molecule has 0 bridgehead atoms. The second-order valence-electron chi connectivity index (χ2n) is 6.36. The van der Waals surface area contributed by atoms with Gasteiger partial charge in [0.25, 0.3) is 0 Å². The highest BCUT2D eigenvalue weighted by Gasteiger charge is 2.23. The summed E-state index contributed by atoms with van der Waals surface area (Å²) in [6.07, 6.45) is 5.65. The number of benzene rings is 1. The Balaban J connectivity index is 1.44. The van der Waals surface area contributed by atoms with Crippen LogP contribution in [0.25, 0.3) is 0 Å². The van der Waals surface area contributed by atoms with Crippen molar-refractivity contribution in [3.8, 4) is 0 Å². The molecule has 118 valence electrons.